The van der Waals surface area contributed by atoms with Gasteiger partial charge in [-0.25, -0.2) is 4.79 Å². The highest BCUT2D eigenvalue weighted by Crippen LogP contribution is 2.37. The highest BCUT2D eigenvalue weighted by atomic mass is 32.1. The second-order valence-corrected chi connectivity index (χ2v) is 7.37. The molecule has 2 heterocycles. The van der Waals surface area contributed by atoms with Gasteiger partial charge in [0, 0.05) is 22.9 Å². The molecule has 0 aliphatic carbocycles. The van der Waals surface area contributed by atoms with Crippen molar-refractivity contribution in [1.29, 1.82) is 5.26 Å². The van der Waals surface area contributed by atoms with Crippen LogP contribution in [0.25, 0.3) is 0 Å². The molecule has 1 aliphatic heterocycles. The molecule has 2 N–H and O–H groups in total. The number of nitrogens with zero attached hydrogens (tertiary/aromatic N) is 2. The summed E-state index contributed by atoms with van der Waals surface area (Å²) in [6.45, 7) is 8.27. The Morgan fingerprint density at radius 3 is 2.77 bits per heavy atom. The molecule has 5 nitrogen and oxygen atoms in total. The van der Waals surface area contributed by atoms with Gasteiger partial charge in [-0.05, 0) is 26.7 Å². The topological polar surface area (TPSA) is 79.4 Å². The summed E-state index contributed by atoms with van der Waals surface area (Å²) in [5.41, 5.74) is 6.85. The van der Waals surface area contributed by atoms with E-state index in [2.05, 4.69) is 13.0 Å². The predicted molar refractivity (Wildman–Crippen MR) is 87.6 cm³/mol. The van der Waals surface area contributed by atoms with Crippen LogP contribution in [0.3, 0.4) is 0 Å². The standard InChI is InChI=1S/C16H23N3O2S/c1-5-10-7-13-12(11(8-17)14(18)22-13)9-19(10)15(20)21-16(3,4)6-2/h10H,5-7,9,18H2,1-4H3. The highest BCUT2D eigenvalue weighted by molar-refractivity contribution is 7.16. The van der Waals surface area contributed by atoms with Gasteiger partial charge in [-0.2, -0.15) is 5.26 Å². The Morgan fingerprint density at radius 1 is 1.55 bits per heavy atom. The van der Waals surface area contributed by atoms with Crippen LogP contribution >= 0.6 is 11.3 Å². The van der Waals surface area contributed by atoms with E-state index >= 15 is 0 Å². The van der Waals surface area contributed by atoms with Crippen molar-refractivity contribution < 1.29 is 9.53 Å². The lowest BCUT2D eigenvalue weighted by Crippen LogP contribution is -2.46. The quantitative estimate of drug-likeness (QED) is 0.921. The predicted octanol–water partition coefficient (Wildman–Crippen LogP) is 3.66. The number of ether oxygens (including phenoxy) is 1. The van der Waals surface area contributed by atoms with Gasteiger partial charge in [-0.3, -0.25) is 0 Å². The molecule has 0 fully saturated rings. The van der Waals surface area contributed by atoms with Gasteiger partial charge in [0.15, 0.2) is 0 Å². The Hall–Kier alpha value is -1.74. The first-order chi connectivity index (χ1) is 10.3. The SMILES string of the molecule is CCC1Cc2sc(N)c(C#N)c2CN1C(=O)OC(C)(C)CC. The van der Waals surface area contributed by atoms with E-state index in [4.69, 9.17) is 10.5 Å². The minimum absolute atomic E-state index is 0.0947. The van der Waals surface area contributed by atoms with Crippen LogP contribution in [0.4, 0.5) is 9.80 Å². The van der Waals surface area contributed by atoms with Crippen LogP contribution < -0.4 is 5.73 Å². The maximum absolute atomic E-state index is 12.6. The van der Waals surface area contributed by atoms with E-state index in [9.17, 15) is 10.1 Å². The lowest BCUT2D eigenvalue weighted by atomic mass is 9.97. The smallest absolute Gasteiger partial charge is 0.410 e. The molecule has 0 saturated carbocycles. The Morgan fingerprint density at radius 2 is 2.23 bits per heavy atom. The summed E-state index contributed by atoms with van der Waals surface area (Å²) in [6.07, 6.45) is 2.03. The van der Waals surface area contributed by atoms with Gasteiger partial charge in [0.25, 0.3) is 0 Å². The average molecular weight is 321 g/mol. The summed E-state index contributed by atoms with van der Waals surface area (Å²) in [7, 11) is 0. The molecule has 1 aromatic rings. The van der Waals surface area contributed by atoms with Crippen molar-refractivity contribution in [1.82, 2.24) is 4.90 Å². The molecule has 6 heteroatoms. The fourth-order valence-corrected chi connectivity index (χ4v) is 3.66. The minimum Gasteiger partial charge on any atom is -0.443 e. The van der Waals surface area contributed by atoms with Gasteiger partial charge >= 0.3 is 6.09 Å². The molecule has 0 spiro atoms. The Kier molecular flexibility index (Phi) is 4.66. The molecule has 0 aromatic carbocycles. The Bertz CT molecular complexity index is 616. The summed E-state index contributed by atoms with van der Waals surface area (Å²) >= 11 is 1.47. The third-order valence-corrected chi connectivity index (χ3v) is 5.42. The molecule has 120 valence electrons. The van der Waals surface area contributed by atoms with Crippen LogP contribution in [0.15, 0.2) is 0 Å². The van der Waals surface area contributed by atoms with Gasteiger partial charge in [0.2, 0.25) is 0 Å². The van der Waals surface area contributed by atoms with Gasteiger partial charge in [0.1, 0.15) is 16.7 Å². The van der Waals surface area contributed by atoms with Crippen molar-refractivity contribution in [3.05, 3.63) is 16.0 Å². The van der Waals surface area contributed by atoms with E-state index in [0.717, 1.165) is 29.7 Å². The second-order valence-electron chi connectivity index (χ2n) is 6.23. The number of nitriles is 1. The van der Waals surface area contributed by atoms with Crippen molar-refractivity contribution in [2.45, 2.75) is 65.1 Å². The van der Waals surface area contributed by atoms with Gasteiger partial charge < -0.3 is 15.4 Å². The van der Waals surface area contributed by atoms with Crippen LogP contribution in [0.2, 0.25) is 0 Å². The fraction of sp³-hybridized carbons (Fsp3) is 0.625. The monoisotopic (exact) mass is 321 g/mol. The van der Waals surface area contributed by atoms with Gasteiger partial charge in [0.05, 0.1) is 12.1 Å². The second kappa shape index (κ2) is 6.17. The van der Waals surface area contributed by atoms with E-state index < -0.39 is 5.60 Å². The number of hydrogen-bond donors (Lipinski definition) is 1. The summed E-state index contributed by atoms with van der Waals surface area (Å²) in [6, 6.07) is 2.26. The summed E-state index contributed by atoms with van der Waals surface area (Å²) < 4.78 is 5.63. The third kappa shape index (κ3) is 3.05. The van der Waals surface area contributed by atoms with Crippen molar-refractivity contribution in [3.63, 3.8) is 0 Å². The number of hydrogen-bond acceptors (Lipinski definition) is 5. The first-order valence-corrected chi connectivity index (χ1v) is 8.44. The maximum atomic E-state index is 12.6. The van der Waals surface area contributed by atoms with E-state index in [-0.39, 0.29) is 12.1 Å². The molecule has 2 rings (SSSR count). The largest absolute Gasteiger partial charge is 0.443 e. The molecule has 1 aliphatic rings. The minimum atomic E-state index is -0.485. The van der Waals surface area contributed by atoms with E-state index in [0.29, 0.717) is 17.1 Å². The molecule has 1 amide bonds. The van der Waals surface area contributed by atoms with Crippen molar-refractivity contribution in [2.24, 2.45) is 0 Å². The lowest BCUT2D eigenvalue weighted by molar-refractivity contribution is -0.000316. The van der Waals surface area contributed by atoms with E-state index in [1.165, 1.54) is 11.3 Å². The summed E-state index contributed by atoms with van der Waals surface area (Å²) in [4.78, 5) is 15.4. The number of nitrogen functional groups attached to an aromatic ring is 1. The van der Waals surface area contributed by atoms with E-state index in [1.54, 1.807) is 4.90 Å². The van der Waals surface area contributed by atoms with Gasteiger partial charge in [-0.1, -0.05) is 13.8 Å². The number of anilines is 1. The molecular weight excluding hydrogens is 298 g/mol. The number of amides is 1. The van der Waals surface area contributed by atoms with Gasteiger partial charge in [-0.15, -0.1) is 11.3 Å². The number of carbonyl (C=O) groups is 1. The number of fused-ring (bicyclic) bond motifs is 1. The van der Waals surface area contributed by atoms with Crippen molar-refractivity contribution >= 4 is 22.4 Å². The van der Waals surface area contributed by atoms with Crippen LogP contribution in [-0.4, -0.2) is 22.6 Å². The van der Waals surface area contributed by atoms with Crippen LogP contribution in [0, 0.1) is 11.3 Å². The lowest BCUT2D eigenvalue weighted by Gasteiger charge is -2.36. The highest BCUT2D eigenvalue weighted by Gasteiger charge is 2.35. The number of carbonyl (C=O) groups excluding carboxylic acids is 1. The van der Waals surface area contributed by atoms with Crippen LogP contribution in [-0.2, 0) is 17.7 Å². The normalized spacial score (nSPS) is 17.8. The molecule has 0 bridgehead atoms. The first kappa shape index (κ1) is 16.6. The number of thiophene rings is 1. The average Bonchev–Trinajstić information content (AvgIpc) is 2.79. The van der Waals surface area contributed by atoms with Crippen molar-refractivity contribution in [2.75, 3.05) is 5.73 Å². The molecular formula is C16H23N3O2S. The number of nitrogens with two attached hydrogens (primary N) is 1. The van der Waals surface area contributed by atoms with Crippen LogP contribution in [0.5, 0.6) is 0 Å². The third-order valence-electron chi connectivity index (χ3n) is 4.34. The first-order valence-electron chi connectivity index (χ1n) is 7.62. The molecule has 0 saturated heterocycles. The zero-order valence-electron chi connectivity index (χ0n) is 13.6. The zero-order valence-corrected chi connectivity index (χ0v) is 14.4. The molecule has 22 heavy (non-hydrogen) atoms. The molecule has 0 radical (unpaired) electrons. The molecule has 1 atom stereocenters. The Labute approximate surface area is 135 Å². The number of rotatable bonds is 3. The van der Waals surface area contributed by atoms with Crippen LogP contribution in [0.1, 0.15) is 56.5 Å². The molecule has 1 unspecified atom stereocenters. The van der Waals surface area contributed by atoms with Crippen molar-refractivity contribution in [3.8, 4) is 6.07 Å². The van der Waals surface area contributed by atoms with E-state index in [1.807, 2.05) is 20.8 Å². The summed E-state index contributed by atoms with van der Waals surface area (Å²) in [5, 5.41) is 9.83. The maximum Gasteiger partial charge on any atom is 0.410 e. The zero-order chi connectivity index (χ0) is 16.5. The summed E-state index contributed by atoms with van der Waals surface area (Å²) in [5.74, 6) is 0. The molecule has 1 aromatic heterocycles. The Balaban J connectivity index is 2.28. The fourth-order valence-electron chi connectivity index (χ4n) is 2.56.